The zero-order valence-corrected chi connectivity index (χ0v) is 10.7. The van der Waals surface area contributed by atoms with Crippen LogP contribution >= 0.6 is 11.6 Å². The maximum atomic E-state index is 5.98. The number of hydrogen-bond acceptors (Lipinski definition) is 2. The van der Waals surface area contributed by atoms with Crippen molar-refractivity contribution in [3.63, 3.8) is 0 Å². The van der Waals surface area contributed by atoms with Crippen LogP contribution in [0.4, 0.5) is 5.69 Å². The van der Waals surface area contributed by atoms with E-state index in [2.05, 4.69) is 23.7 Å². The quantitative estimate of drug-likeness (QED) is 0.734. The van der Waals surface area contributed by atoms with Crippen molar-refractivity contribution in [2.24, 2.45) is 5.92 Å². The smallest absolute Gasteiger partial charge is 0.0600 e. The second-order valence-corrected chi connectivity index (χ2v) is 4.96. The molecule has 2 rings (SSSR count). The van der Waals surface area contributed by atoms with Gasteiger partial charge in [0.25, 0.3) is 0 Å². The van der Waals surface area contributed by atoms with Crippen LogP contribution in [0.3, 0.4) is 0 Å². The largest absolute Gasteiger partial charge is 0.367 e. The van der Waals surface area contributed by atoms with Gasteiger partial charge in [-0.15, -0.1) is 11.6 Å². The van der Waals surface area contributed by atoms with Crippen LogP contribution in [0, 0.1) is 5.92 Å². The number of pyridine rings is 1. The van der Waals surface area contributed by atoms with Crippen molar-refractivity contribution < 1.29 is 0 Å². The van der Waals surface area contributed by atoms with Gasteiger partial charge in [0.2, 0.25) is 0 Å². The zero-order valence-electron chi connectivity index (χ0n) is 9.99. The second kappa shape index (κ2) is 5.05. The molecule has 2 unspecified atom stereocenters. The predicted octanol–water partition coefficient (Wildman–Crippen LogP) is 3.45. The van der Waals surface area contributed by atoms with E-state index in [1.54, 1.807) is 0 Å². The lowest BCUT2D eigenvalue weighted by molar-refractivity contribution is 0.363. The summed E-state index contributed by atoms with van der Waals surface area (Å²) in [6.07, 6.45) is 6.36. The number of hydrogen-bond donors (Lipinski definition) is 0. The van der Waals surface area contributed by atoms with Gasteiger partial charge in [0.1, 0.15) is 0 Å². The molecule has 0 aromatic carbocycles. The van der Waals surface area contributed by atoms with Crippen LogP contribution in [0.5, 0.6) is 0 Å². The van der Waals surface area contributed by atoms with Gasteiger partial charge in [-0.3, -0.25) is 4.98 Å². The van der Waals surface area contributed by atoms with E-state index in [1.807, 2.05) is 18.5 Å². The van der Waals surface area contributed by atoms with E-state index in [-0.39, 0.29) is 0 Å². The molecule has 2 heterocycles. The number of rotatable bonds is 2. The molecule has 1 fully saturated rings. The molecule has 0 amide bonds. The molecular weight excluding hydrogens is 220 g/mol. The van der Waals surface area contributed by atoms with E-state index in [4.69, 9.17) is 11.6 Å². The first-order valence-electron chi connectivity index (χ1n) is 5.99. The minimum Gasteiger partial charge on any atom is -0.367 e. The van der Waals surface area contributed by atoms with E-state index < -0.39 is 0 Å². The molecule has 2 nitrogen and oxygen atoms in total. The monoisotopic (exact) mass is 238 g/mol. The summed E-state index contributed by atoms with van der Waals surface area (Å²) < 4.78 is 0. The van der Waals surface area contributed by atoms with Crippen molar-refractivity contribution in [3.05, 3.63) is 24.0 Å². The summed E-state index contributed by atoms with van der Waals surface area (Å²) in [5.74, 6) is 1.31. The summed E-state index contributed by atoms with van der Waals surface area (Å²) in [5.41, 5.74) is 2.41. The Morgan fingerprint density at radius 1 is 1.50 bits per heavy atom. The van der Waals surface area contributed by atoms with Crippen LogP contribution in [0.1, 0.15) is 32.3 Å². The van der Waals surface area contributed by atoms with Crippen molar-refractivity contribution in [1.82, 2.24) is 4.98 Å². The average Bonchev–Trinajstić information content (AvgIpc) is 2.33. The van der Waals surface area contributed by atoms with Gasteiger partial charge in [-0.25, -0.2) is 0 Å². The number of aromatic nitrogens is 1. The van der Waals surface area contributed by atoms with E-state index in [0.717, 1.165) is 12.5 Å². The van der Waals surface area contributed by atoms with E-state index in [1.165, 1.54) is 24.1 Å². The minimum absolute atomic E-state index is 0.565. The van der Waals surface area contributed by atoms with Gasteiger partial charge in [-0.2, -0.15) is 0 Å². The van der Waals surface area contributed by atoms with Gasteiger partial charge in [0, 0.05) is 24.7 Å². The number of piperidine rings is 1. The zero-order chi connectivity index (χ0) is 11.5. The van der Waals surface area contributed by atoms with Crippen LogP contribution in [-0.2, 0) is 5.88 Å². The molecule has 0 N–H and O–H groups in total. The summed E-state index contributed by atoms with van der Waals surface area (Å²) in [4.78, 5) is 6.68. The maximum Gasteiger partial charge on any atom is 0.0600 e. The van der Waals surface area contributed by atoms with E-state index >= 15 is 0 Å². The standard InChI is InChI=1S/C13H19ClN2/c1-10-4-3-7-16(11(10)2)13-9-15-6-5-12(13)8-14/h5-6,9-11H,3-4,7-8H2,1-2H3. The van der Waals surface area contributed by atoms with E-state index in [9.17, 15) is 0 Å². The van der Waals surface area contributed by atoms with Crippen LogP contribution < -0.4 is 4.90 Å². The molecule has 1 aliphatic heterocycles. The second-order valence-electron chi connectivity index (χ2n) is 4.69. The Morgan fingerprint density at radius 3 is 3.06 bits per heavy atom. The SMILES string of the molecule is CC1CCCN(c2cnccc2CCl)C1C. The first-order chi connectivity index (χ1) is 7.74. The minimum atomic E-state index is 0.565. The highest BCUT2D eigenvalue weighted by Gasteiger charge is 2.26. The predicted molar refractivity (Wildman–Crippen MR) is 69.0 cm³/mol. The molecule has 88 valence electrons. The van der Waals surface area contributed by atoms with Crippen molar-refractivity contribution in [2.45, 2.75) is 38.6 Å². The highest BCUT2D eigenvalue weighted by molar-refractivity contribution is 6.17. The Morgan fingerprint density at radius 2 is 2.31 bits per heavy atom. The molecule has 0 spiro atoms. The van der Waals surface area contributed by atoms with Gasteiger partial charge in [-0.05, 0) is 37.3 Å². The Bertz CT molecular complexity index is 354. The highest BCUT2D eigenvalue weighted by Crippen LogP contribution is 2.30. The number of anilines is 1. The van der Waals surface area contributed by atoms with Crippen molar-refractivity contribution in [2.75, 3.05) is 11.4 Å². The highest BCUT2D eigenvalue weighted by atomic mass is 35.5. The van der Waals surface area contributed by atoms with Crippen LogP contribution in [-0.4, -0.2) is 17.6 Å². The third kappa shape index (κ3) is 2.17. The van der Waals surface area contributed by atoms with Gasteiger partial charge < -0.3 is 4.90 Å². The molecular formula is C13H19ClN2. The lowest BCUT2D eigenvalue weighted by Crippen LogP contribution is -2.42. The molecule has 0 bridgehead atoms. The third-order valence-corrected chi connectivity index (χ3v) is 4.00. The van der Waals surface area contributed by atoms with Crippen molar-refractivity contribution in [3.8, 4) is 0 Å². The Labute approximate surface area is 103 Å². The Balaban J connectivity index is 2.28. The summed E-state index contributed by atoms with van der Waals surface area (Å²) in [6.45, 7) is 5.75. The van der Waals surface area contributed by atoms with E-state index in [0.29, 0.717) is 11.9 Å². The molecule has 16 heavy (non-hydrogen) atoms. The van der Waals surface area contributed by atoms with Crippen molar-refractivity contribution >= 4 is 17.3 Å². The average molecular weight is 239 g/mol. The van der Waals surface area contributed by atoms with Crippen molar-refractivity contribution in [1.29, 1.82) is 0 Å². The van der Waals surface area contributed by atoms with Crippen LogP contribution in [0.15, 0.2) is 18.5 Å². The third-order valence-electron chi connectivity index (χ3n) is 3.71. The molecule has 1 saturated heterocycles. The summed E-state index contributed by atoms with van der Waals surface area (Å²) >= 11 is 5.98. The number of nitrogens with zero attached hydrogens (tertiary/aromatic N) is 2. The first-order valence-corrected chi connectivity index (χ1v) is 6.53. The molecule has 0 saturated carbocycles. The molecule has 1 aromatic rings. The number of alkyl halides is 1. The van der Waals surface area contributed by atoms with Crippen LogP contribution in [0.25, 0.3) is 0 Å². The summed E-state index contributed by atoms with van der Waals surface area (Å²) in [6, 6.07) is 2.61. The molecule has 0 radical (unpaired) electrons. The normalized spacial score (nSPS) is 25.8. The van der Waals surface area contributed by atoms with Crippen LogP contribution in [0.2, 0.25) is 0 Å². The summed E-state index contributed by atoms with van der Waals surface area (Å²) in [5, 5.41) is 0. The molecule has 3 heteroatoms. The fourth-order valence-electron chi connectivity index (χ4n) is 2.46. The van der Waals surface area contributed by atoms with Gasteiger partial charge in [0.15, 0.2) is 0 Å². The lowest BCUT2D eigenvalue weighted by atomic mass is 9.91. The molecule has 0 aliphatic carbocycles. The van der Waals surface area contributed by atoms with Gasteiger partial charge in [-0.1, -0.05) is 6.92 Å². The van der Waals surface area contributed by atoms with Gasteiger partial charge in [0.05, 0.1) is 11.9 Å². The Kier molecular flexibility index (Phi) is 3.70. The topological polar surface area (TPSA) is 16.1 Å². The first kappa shape index (κ1) is 11.7. The number of halogens is 1. The maximum absolute atomic E-state index is 5.98. The van der Waals surface area contributed by atoms with Gasteiger partial charge >= 0.3 is 0 Å². The summed E-state index contributed by atoms with van der Waals surface area (Å²) in [7, 11) is 0. The lowest BCUT2D eigenvalue weighted by Gasteiger charge is -2.40. The molecule has 1 aliphatic rings. The molecule has 1 aromatic heterocycles. The fourth-order valence-corrected chi connectivity index (χ4v) is 2.69. The molecule has 2 atom stereocenters. The Hall–Kier alpha value is -0.760. The fraction of sp³-hybridized carbons (Fsp3) is 0.615.